The van der Waals surface area contributed by atoms with Gasteiger partial charge in [-0.3, -0.25) is 4.79 Å². The molecule has 1 amide bonds. The fourth-order valence-corrected chi connectivity index (χ4v) is 3.13. The molecule has 1 aromatic rings. The number of halogens is 2. The van der Waals surface area contributed by atoms with Gasteiger partial charge in [-0.15, -0.1) is 12.4 Å². The van der Waals surface area contributed by atoms with Crippen LogP contribution in [0.25, 0.3) is 0 Å². The molecule has 0 aromatic heterocycles. The van der Waals surface area contributed by atoms with Gasteiger partial charge in [0.1, 0.15) is 0 Å². The van der Waals surface area contributed by atoms with Crippen LogP contribution in [0.3, 0.4) is 0 Å². The number of rotatable bonds is 5. The van der Waals surface area contributed by atoms with E-state index in [-0.39, 0.29) is 23.7 Å². The molecular formula is C15H22BrClN2O. The van der Waals surface area contributed by atoms with Crippen molar-refractivity contribution in [3.8, 4) is 0 Å². The Labute approximate surface area is 135 Å². The van der Waals surface area contributed by atoms with Gasteiger partial charge in [0.2, 0.25) is 5.91 Å². The van der Waals surface area contributed by atoms with Crippen LogP contribution >= 0.6 is 28.3 Å². The molecule has 3 N–H and O–H groups in total. The van der Waals surface area contributed by atoms with Gasteiger partial charge in [0.15, 0.2) is 0 Å². The lowest BCUT2D eigenvalue weighted by atomic mass is 9.78. The number of hydrogen-bond acceptors (Lipinski definition) is 2. The molecule has 3 nitrogen and oxygen atoms in total. The van der Waals surface area contributed by atoms with Gasteiger partial charge < -0.3 is 11.1 Å². The average molecular weight is 362 g/mol. The van der Waals surface area contributed by atoms with E-state index in [1.54, 1.807) is 0 Å². The molecule has 1 aliphatic rings. The summed E-state index contributed by atoms with van der Waals surface area (Å²) in [5.74, 6) is 0.167. The summed E-state index contributed by atoms with van der Waals surface area (Å²) < 4.78 is 1.05. The van der Waals surface area contributed by atoms with E-state index in [0.29, 0.717) is 13.1 Å². The van der Waals surface area contributed by atoms with Crippen molar-refractivity contribution >= 4 is 34.2 Å². The SMILES string of the molecule is Cl.NCCCNC(=O)C1(c2ccc(Br)cc2)CCCC1. The standard InChI is InChI=1S/C15H21BrN2O.ClH/c16-13-6-4-12(5-7-13)15(8-1-2-9-15)14(19)18-11-3-10-17;/h4-7H,1-3,8-11,17H2,(H,18,19);1H. The topological polar surface area (TPSA) is 55.1 Å². The van der Waals surface area contributed by atoms with Crippen molar-refractivity contribution in [3.63, 3.8) is 0 Å². The molecule has 112 valence electrons. The van der Waals surface area contributed by atoms with Gasteiger partial charge in [-0.05, 0) is 43.5 Å². The van der Waals surface area contributed by atoms with E-state index in [1.807, 2.05) is 12.1 Å². The molecule has 0 unspecified atom stereocenters. The van der Waals surface area contributed by atoms with E-state index < -0.39 is 0 Å². The number of benzene rings is 1. The summed E-state index contributed by atoms with van der Waals surface area (Å²) in [6.45, 7) is 1.29. The Morgan fingerprint density at radius 1 is 1.25 bits per heavy atom. The molecule has 20 heavy (non-hydrogen) atoms. The van der Waals surface area contributed by atoms with Crippen LogP contribution in [-0.4, -0.2) is 19.0 Å². The highest BCUT2D eigenvalue weighted by molar-refractivity contribution is 9.10. The van der Waals surface area contributed by atoms with Crippen LogP contribution in [0.15, 0.2) is 28.7 Å². The first-order valence-corrected chi connectivity index (χ1v) is 7.73. The third-order valence-corrected chi connectivity index (χ3v) is 4.48. The maximum atomic E-state index is 12.6. The number of carbonyl (C=O) groups is 1. The van der Waals surface area contributed by atoms with Crippen LogP contribution in [0.2, 0.25) is 0 Å². The number of hydrogen-bond donors (Lipinski definition) is 2. The molecule has 0 heterocycles. The maximum absolute atomic E-state index is 12.6. The minimum absolute atomic E-state index is 0. The molecule has 1 saturated carbocycles. The van der Waals surface area contributed by atoms with E-state index in [4.69, 9.17) is 5.73 Å². The summed E-state index contributed by atoms with van der Waals surface area (Å²) in [4.78, 5) is 12.6. The number of nitrogens with one attached hydrogen (secondary N) is 1. The second-order valence-electron chi connectivity index (χ2n) is 5.19. The maximum Gasteiger partial charge on any atom is 0.230 e. The van der Waals surface area contributed by atoms with Crippen LogP contribution in [-0.2, 0) is 10.2 Å². The van der Waals surface area contributed by atoms with Gasteiger partial charge in [-0.1, -0.05) is 40.9 Å². The molecule has 1 aliphatic carbocycles. The van der Waals surface area contributed by atoms with E-state index >= 15 is 0 Å². The smallest absolute Gasteiger partial charge is 0.230 e. The molecular weight excluding hydrogens is 340 g/mol. The highest BCUT2D eigenvalue weighted by Crippen LogP contribution is 2.41. The highest BCUT2D eigenvalue weighted by Gasteiger charge is 2.42. The van der Waals surface area contributed by atoms with Crippen LogP contribution < -0.4 is 11.1 Å². The van der Waals surface area contributed by atoms with Crippen molar-refractivity contribution in [2.45, 2.75) is 37.5 Å². The molecule has 0 spiro atoms. The summed E-state index contributed by atoms with van der Waals surface area (Å²) in [5.41, 5.74) is 6.29. The van der Waals surface area contributed by atoms with Crippen molar-refractivity contribution in [2.24, 2.45) is 5.73 Å². The van der Waals surface area contributed by atoms with Gasteiger partial charge in [0.25, 0.3) is 0 Å². The van der Waals surface area contributed by atoms with Crippen molar-refractivity contribution in [3.05, 3.63) is 34.3 Å². The predicted molar refractivity (Wildman–Crippen MR) is 88.2 cm³/mol. The molecule has 0 saturated heterocycles. The third-order valence-electron chi connectivity index (χ3n) is 3.96. The Balaban J connectivity index is 0.00000200. The second kappa shape index (κ2) is 8.01. The zero-order chi connectivity index (χ0) is 13.7. The summed E-state index contributed by atoms with van der Waals surface area (Å²) in [6.07, 6.45) is 4.98. The minimum Gasteiger partial charge on any atom is -0.355 e. The van der Waals surface area contributed by atoms with Crippen LogP contribution in [0.4, 0.5) is 0 Å². The van der Waals surface area contributed by atoms with Crippen molar-refractivity contribution in [1.29, 1.82) is 0 Å². The Hall–Kier alpha value is -0.580. The fourth-order valence-electron chi connectivity index (χ4n) is 2.87. The molecule has 0 atom stereocenters. The summed E-state index contributed by atoms with van der Waals surface area (Å²) >= 11 is 3.45. The molecule has 1 aromatic carbocycles. The molecule has 2 rings (SSSR count). The molecule has 0 bridgehead atoms. The van der Waals surface area contributed by atoms with Crippen molar-refractivity contribution < 1.29 is 4.79 Å². The number of nitrogens with two attached hydrogens (primary N) is 1. The molecule has 1 fully saturated rings. The minimum atomic E-state index is -0.324. The molecule has 0 radical (unpaired) electrons. The van der Waals surface area contributed by atoms with Crippen molar-refractivity contribution in [1.82, 2.24) is 5.32 Å². The Bertz CT molecular complexity index is 430. The van der Waals surface area contributed by atoms with Gasteiger partial charge >= 0.3 is 0 Å². The monoisotopic (exact) mass is 360 g/mol. The van der Waals surface area contributed by atoms with Gasteiger partial charge in [-0.2, -0.15) is 0 Å². The molecule has 0 aliphatic heterocycles. The summed E-state index contributed by atoms with van der Waals surface area (Å²) in [5, 5.41) is 3.05. The highest BCUT2D eigenvalue weighted by atomic mass is 79.9. The largest absolute Gasteiger partial charge is 0.355 e. The first-order chi connectivity index (χ1) is 9.19. The Morgan fingerprint density at radius 2 is 1.85 bits per heavy atom. The van der Waals surface area contributed by atoms with E-state index in [0.717, 1.165) is 42.1 Å². The lowest BCUT2D eigenvalue weighted by molar-refractivity contribution is -0.126. The predicted octanol–water partition coefficient (Wildman–Crippen LogP) is 3.15. The second-order valence-corrected chi connectivity index (χ2v) is 6.11. The first kappa shape index (κ1) is 17.5. The zero-order valence-electron chi connectivity index (χ0n) is 11.5. The third kappa shape index (κ3) is 3.74. The van der Waals surface area contributed by atoms with Gasteiger partial charge in [-0.25, -0.2) is 0 Å². The first-order valence-electron chi connectivity index (χ1n) is 6.93. The van der Waals surface area contributed by atoms with Crippen LogP contribution in [0.1, 0.15) is 37.7 Å². The summed E-state index contributed by atoms with van der Waals surface area (Å²) in [6, 6.07) is 8.17. The average Bonchev–Trinajstić information content (AvgIpc) is 2.90. The zero-order valence-corrected chi connectivity index (χ0v) is 13.9. The fraction of sp³-hybridized carbons (Fsp3) is 0.533. The van der Waals surface area contributed by atoms with E-state index in [1.165, 1.54) is 0 Å². The summed E-state index contributed by atoms with van der Waals surface area (Å²) in [7, 11) is 0. The van der Waals surface area contributed by atoms with E-state index in [2.05, 4.69) is 33.4 Å². The van der Waals surface area contributed by atoms with Crippen LogP contribution in [0, 0.1) is 0 Å². The number of amides is 1. The Morgan fingerprint density at radius 3 is 2.40 bits per heavy atom. The van der Waals surface area contributed by atoms with Crippen molar-refractivity contribution in [2.75, 3.05) is 13.1 Å². The molecule has 5 heteroatoms. The van der Waals surface area contributed by atoms with E-state index in [9.17, 15) is 4.79 Å². The lowest BCUT2D eigenvalue weighted by Gasteiger charge is -2.28. The Kier molecular flexibility index (Phi) is 7.00. The number of carbonyl (C=O) groups excluding carboxylic acids is 1. The quantitative estimate of drug-likeness (QED) is 0.792. The van der Waals surface area contributed by atoms with Crippen LogP contribution in [0.5, 0.6) is 0 Å². The lowest BCUT2D eigenvalue weighted by Crippen LogP contribution is -2.43. The van der Waals surface area contributed by atoms with Gasteiger partial charge in [0, 0.05) is 11.0 Å². The van der Waals surface area contributed by atoms with Gasteiger partial charge in [0.05, 0.1) is 5.41 Å². The normalized spacial score (nSPS) is 16.5.